The molecule has 0 aromatic carbocycles. The number of hydrogen-bond acceptors (Lipinski definition) is 3. The molecule has 4 nitrogen and oxygen atoms in total. The highest BCUT2D eigenvalue weighted by Crippen LogP contribution is 2.13. The Morgan fingerprint density at radius 3 is 2.10 bits per heavy atom. The molecule has 0 radical (unpaired) electrons. The molecule has 1 aliphatic heterocycles. The van der Waals surface area contributed by atoms with Crippen LogP contribution < -0.4 is 5.73 Å². The van der Waals surface area contributed by atoms with Gasteiger partial charge in [-0.1, -0.05) is 64.7 Å². The molecule has 0 aliphatic carbocycles. The fourth-order valence-corrected chi connectivity index (χ4v) is 2.67. The molecule has 0 saturated carbocycles. The van der Waals surface area contributed by atoms with Gasteiger partial charge < -0.3 is 15.4 Å². The van der Waals surface area contributed by atoms with Crippen molar-refractivity contribution in [3.8, 4) is 0 Å². The summed E-state index contributed by atoms with van der Waals surface area (Å²) >= 11 is 0. The predicted molar refractivity (Wildman–Crippen MR) is 82.7 cm³/mol. The van der Waals surface area contributed by atoms with E-state index < -0.39 is 0 Å². The summed E-state index contributed by atoms with van der Waals surface area (Å²) in [5.41, 5.74) is 5.51. The van der Waals surface area contributed by atoms with E-state index in [4.69, 9.17) is 10.5 Å². The van der Waals surface area contributed by atoms with Crippen LogP contribution in [0.1, 0.15) is 71.1 Å². The molecule has 0 spiro atoms. The maximum Gasteiger partial charge on any atom is 0.410 e. The quantitative estimate of drug-likeness (QED) is 0.556. The van der Waals surface area contributed by atoms with E-state index >= 15 is 0 Å². The second kappa shape index (κ2) is 11.0. The van der Waals surface area contributed by atoms with E-state index in [0.717, 1.165) is 13.0 Å². The fourth-order valence-electron chi connectivity index (χ4n) is 2.67. The molecule has 1 fully saturated rings. The first kappa shape index (κ1) is 17.3. The highest BCUT2D eigenvalue weighted by molar-refractivity contribution is 5.69. The predicted octanol–water partition coefficient (Wildman–Crippen LogP) is 3.69. The molecular weight excluding hydrogens is 252 g/mol. The molecule has 1 heterocycles. The van der Waals surface area contributed by atoms with Gasteiger partial charge in [0.05, 0.1) is 6.54 Å². The normalized spacial score (nSPS) is 18.6. The van der Waals surface area contributed by atoms with Gasteiger partial charge in [-0.15, -0.1) is 0 Å². The monoisotopic (exact) mass is 284 g/mol. The van der Waals surface area contributed by atoms with Gasteiger partial charge in [-0.2, -0.15) is 0 Å². The number of nitrogens with two attached hydrogens (primary N) is 1. The van der Waals surface area contributed by atoms with Gasteiger partial charge >= 0.3 is 6.09 Å². The Morgan fingerprint density at radius 1 is 1.05 bits per heavy atom. The maximum absolute atomic E-state index is 11.5. The molecule has 118 valence electrons. The van der Waals surface area contributed by atoms with Crippen molar-refractivity contribution in [2.75, 3.05) is 19.6 Å². The molecule has 1 aliphatic rings. The molecule has 20 heavy (non-hydrogen) atoms. The van der Waals surface area contributed by atoms with Crippen LogP contribution in [0.5, 0.6) is 0 Å². The van der Waals surface area contributed by atoms with Crippen LogP contribution in [0, 0.1) is 0 Å². The lowest BCUT2D eigenvalue weighted by atomic mass is 10.1. The summed E-state index contributed by atoms with van der Waals surface area (Å²) in [7, 11) is 0. The number of cyclic esters (lactones) is 1. The summed E-state index contributed by atoms with van der Waals surface area (Å²) in [6, 6.07) is 0. The van der Waals surface area contributed by atoms with Crippen molar-refractivity contribution in [3.05, 3.63) is 0 Å². The molecule has 1 atom stereocenters. The van der Waals surface area contributed by atoms with Crippen LogP contribution in [0.3, 0.4) is 0 Å². The van der Waals surface area contributed by atoms with Gasteiger partial charge in [0.15, 0.2) is 0 Å². The highest BCUT2D eigenvalue weighted by Gasteiger charge is 2.29. The minimum atomic E-state index is -0.184. The molecule has 1 rings (SSSR count). The number of carbonyl (C=O) groups is 1. The Hall–Kier alpha value is -0.770. The third-order valence-electron chi connectivity index (χ3n) is 3.99. The van der Waals surface area contributed by atoms with Crippen molar-refractivity contribution in [3.63, 3.8) is 0 Å². The number of carbonyl (C=O) groups excluding carboxylic acids is 1. The summed E-state index contributed by atoms with van der Waals surface area (Å²) in [4.78, 5) is 13.3. The van der Waals surface area contributed by atoms with Crippen molar-refractivity contribution < 1.29 is 9.53 Å². The number of amides is 1. The van der Waals surface area contributed by atoms with E-state index in [-0.39, 0.29) is 12.2 Å². The Balaban J connectivity index is 1.86. The van der Waals surface area contributed by atoms with Crippen LogP contribution in [0.15, 0.2) is 0 Å². The Kier molecular flexibility index (Phi) is 9.46. The average Bonchev–Trinajstić information content (AvgIpc) is 2.81. The number of unbranched alkanes of at least 4 members (excludes halogenated alkanes) is 9. The molecule has 1 saturated heterocycles. The van der Waals surface area contributed by atoms with Crippen molar-refractivity contribution in [2.45, 2.75) is 77.2 Å². The van der Waals surface area contributed by atoms with E-state index in [2.05, 4.69) is 6.92 Å². The van der Waals surface area contributed by atoms with Crippen molar-refractivity contribution in [1.82, 2.24) is 4.90 Å². The third kappa shape index (κ3) is 7.13. The molecule has 4 heteroatoms. The smallest absolute Gasteiger partial charge is 0.410 e. The summed E-state index contributed by atoms with van der Waals surface area (Å²) in [6.07, 6.45) is 12.9. The summed E-state index contributed by atoms with van der Waals surface area (Å²) < 4.78 is 5.13. The first-order valence-electron chi connectivity index (χ1n) is 8.43. The largest absolute Gasteiger partial charge is 0.443 e. The maximum atomic E-state index is 11.5. The van der Waals surface area contributed by atoms with Gasteiger partial charge in [-0.25, -0.2) is 4.79 Å². The number of nitrogens with zero attached hydrogens (tertiary/aromatic N) is 1. The van der Waals surface area contributed by atoms with E-state index in [9.17, 15) is 4.79 Å². The average molecular weight is 284 g/mol. The molecule has 0 aromatic heterocycles. The van der Waals surface area contributed by atoms with E-state index in [1.54, 1.807) is 4.90 Å². The van der Waals surface area contributed by atoms with Gasteiger partial charge in [0, 0.05) is 13.1 Å². The second-order valence-corrected chi connectivity index (χ2v) is 5.87. The Labute approximate surface area is 124 Å². The molecule has 1 amide bonds. The second-order valence-electron chi connectivity index (χ2n) is 5.87. The molecule has 0 bridgehead atoms. The van der Waals surface area contributed by atoms with Crippen LogP contribution >= 0.6 is 0 Å². The highest BCUT2D eigenvalue weighted by atomic mass is 16.6. The fraction of sp³-hybridized carbons (Fsp3) is 0.938. The van der Waals surface area contributed by atoms with Crippen LogP contribution in [0.25, 0.3) is 0 Å². The summed E-state index contributed by atoms with van der Waals surface area (Å²) in [6.45, 7) is 4.19. The summed E-state index contributed by atoms with van der Waals surface area (Å²) in [5, 5.41) is 0. The van der Waals surface area contributed by atoms with Crippen molar-refractivity contribution >= 4 is 6.09 Å². The van der Waals surface area contributed by atoms with Gasteiger partial charge in [0.2, 0.25) is 0 Å². The van der Waals surface area contributed by atoms with Crippen molar-refractivity contribution in [2.24, 2.45) is 5.73 Å². The standard InChI is InChI=1S/C16H32N2O2/c1-2-3-4-5-6-7-8-9-10-11-12-18-14-15(13-17)20-16(18)19/h15H,2-14,17H2,1H3. The number of hydrogen-bond donors (Lipinski definition) is 1. The first-order valence-corrected chi connectivity index (χ1v) is 8.43. The lowest BCUT2D eigenvalue weighted by molar-refractivity contribution is 0.135. The minimum Gasteiger partial charge on any atom is -0.443 e. The molecule has 2 N–H and O–H groups in total. The molecule has 0 aromatic rings. The Morgan fingerprint density at radius 2 is 1.60 bits per heavy atom. The van der Waals surface area contributed by atoms with Gasteiger partial charge in [0.1, 0.15) is 6.10 Å². The minimum absolute atomic E-state index is 0.0920. The number of ether oxygens (including phenoxy) is 1. The molecular formula is C16H32N2O2. The van der Waals surface area contributed by atoms with Crippen LogP contribution in [-0.2, 0) is 4.74 Å². The molecule has 1 unspecified atom stereocenters. The lowest BCUT2D eigenvalue weighted by Crippen LogP contribution is -2.28. The SMILES string of the molecule is CCCCCCCCCCCCN1CC(CN)OC1=O. The van der Waals surface area contributed by atoms with Crippen LogP contribution in [0.4, 0.5) is 4.79 Å². The zero-order valence-corrected chi connectivity index (χ0v) is 13.1. The number of rotatable bonds is 12. The topological polar surface area (TPSA) is 55.6 Å². The van der Waals surface area contributed by atoms with Crippen molar-refractivity contribution in [1.29, 1.82) is 0 Å². The zero-order valence-electron chi connectivity index (χ0n) is 13.1. The third-order valence-corrected chi connectivity index (χ3v) is 3.99. The van der Waals surface area contributed by atoms with E-state index in [0.29, 0.717) is 13.1 Å². The summed E-state index contributed by atoms with van der Waals surface area (Å²) in [5.74, 6) is 0. The van der Waals surface area contributed by atoms with Crippen LogP contribution in [-0.4, -0.2) is 36.7 Å². The van der Waals surface area contributed by atoms with E-state index in [1.165, 1.54) is 57.8 Å². The zero-order chi connectivity index (χ0) is 14.6. The van der Waals surface area contributed by atoms with Gasteiger partial charge in [-0.05, 0) is 6.42 Å². The first-order chi connectivity index (χ1) is 9.77. The van der Waals surface area contributed by atoms with Gasteiger partial charge in [-0.3, -0.25) is 0 Å². The van der Waals surface area contributed by atoms with E-state index in [1.807, 2.05) is 0 Å². The Bertz CT molecular complexity index is 259. The van der Waals surface area contributed by atoms with Gasteiger partial charge in [0.25, 0.3) is 0 Å². The van der Waals surface area contributed by atoms with Crippen LogP contribution in [0.2, 0.25) is 0 Å². The lowest BCUT2D eigenvalue weighted by Gasteiger charge is -2.12.